The molecule has 0 bridgehead atoms. The van der Waals surface area contributed by atoms with Crippen LogP contribution < -0.4 is 11.1 Å². The standard InChI is InChI=1S/C12H17N5O3S/c1-17(2)21(18,19)9-3-4-10(13)11(7-9)14-6-5-12-15-8-16-20-12/h3-4,7-8,14H,5-6,13H2,1-2H3. The molecule has 1 aromatic carbocycles. The van der Waals surface area contributed by atoms with Crippen molar-refractivity contribution in [1.29, 1.82) is 0 Å². The van der Waals surface area contributed by atoms with Crippen LogP contribution in [0, 0.1) is 0 Å². The number of hydrogen-bond donors (Lipinski definition) is 2. The van der Waals surface area contributed by atoms with Crippen molar-refractivity contribution in [3.63, 3.8) is 0 Å². The van der Waals surface area contributed by atoms with Gasteiger partial charge in [0.1, 0.15) is 0 Å². The van der Waals surface area contributed by atoms with E-state index in [1.807, 2.05) is 0 Å². The van der Waals surface area contributed by atoms with Crippen molar-refractivity contribution in [2.75, 3.05) is 31.7 Å². The molecule has 0 radical (unpaired) electrons. The molecule has 2 aromatic rings. The first-order valence-corrected chi connectivity index (χ1v) is 7.67. The first-order chi connectivity index (χ1) is 9.91. The summed E-state index contributed by atoms with van der Waals surface area (Å²) in [5.41, 5.74) is 6.87. The summed E-state index contributed by atoms with van der Waals surface area (Å²) in [4.78, 5) is 4.08. The van der Waals surface area contributed by atoms with Crippen LogP contribution in [0.25, 0.3) is 0 Å². The molecule has 8 nitrogen and oxygen atoms in total. The normalized spacial score (nSPS) is 11.8. The monoisotopic (exact) mass is 311 g/mol. The van der Waals surface area contributed by atoms with Gasteiger partial charge in [0.25, 0.3) is 0 Å². The summed E-state index contributed by atoms with van der Waals surface area (Å²) in [5, 5.41) is 6.57. The van der Waals surface area contributed by atoms with Crippen molar-refractivity contribution >= 4 is 21.4 Å². The number of nitrogens with one attached hydrogen (secondary N) is 1. The number of nitrogen functional groups attached to an aromatic ring is 1. The molecule has 0 saturated heterocycles. The molecule has 9 heteroatoms. The predicted molar refractivity (Wildman–Crippen MR) is 78.2 cm³/mol. The smallest absolute Gasteiger partial charge is 0.242 e. The Hall–Kier alpha value is -2.13. The molecule has 0 atom stereocenters. The third-order valence-corrected chi connectivity index (χ3v) is 4.68. The minimum Gasteiger partial charge on any atom is -0.397 e. The first-order valence-electron chi connectivity index (χ1n) is 6.22. The van der Waals surface area contributed by atoms with Crippen LogP contribution in [0.4, 0.5) is 11.4 Å². The molecule has 0 aliphatic carbocycles. The van der Waals surface area contributed by atoms with Gasteiger partial charge < -0.3 is 15.6 Å². The van der Waals surface area contributed by atoms with E-state index in [0.717, 1.165) is 4.31 Å². The highest BCUT2D eigenvalue weighted by Gasteiger charge is 2.18. The third-order valence-electron chi connectivity index (χ3n) is 2.86. The summed E-state index contributed by atoms with van der Waals surface area (Å²) < 4.78 is 30.2. The second kappa shape index (κ2) is 6.10. The van der Waals surface area contributed by atoms with E-state index in [1.54, 1.807) is 6.07 Å². The fourth-order valence-corrected chi connectivity index (χ4v) is 2.60. The third kappa shape index (κ3) is 3.50. The lowest BCUT2D eigenvalue weighted by Gasteiger charge is -2.14. The first kappa shape index (κ1) is 15.3. The van der Waals surface area contributed by atoms with Crippen LogP contribution in [0.15, 0.2) is 33.9 Å². The zero-order valence-electron chi connectivity index (χ0n) is 11.8. The Morgan fingerprint density at radius 3 is 2.76 bits per heavy atom. The van der Waals surface area contributed by atoms with Crippen LogP contribution in [0.2, 0.25) is 0 Å². The van der Waals surface area contributed by atoms with E-state index in [1.165, 1.54) is 32.6 Å². The van der Waals surface area contributed by atoms with Gasteiger partial charge in [0.2, 0.25) is 15.9 Å². The summed E-state index contributed by atoms with van der Waals surface area (Å²) in [6, 6.07) is 4.55. The lowest BCUT2D eigenvalue weighted by atomic mass is 10.2. The average Bonchev–Trinajstić information content (AvgIpc) is 2.93. The zero-order valence-corrected chi connectivity index (χ0v) is 12.6. The molecular weight excluding hydrogens is 294 g/mol. The summed E-state index contributed by atoms with van der Waals surface area (Å²) in [7, 11) is -0.526. The van der Waals surface area contributed by atoms with Crippen molar-refractivity contribution in [3.8, 4) is 0 Å². The van der Waals surface area contributed by atoms with Gasteiger partial charge in [0.05, 0.1) is 16.3 Å². The minimum absolute atomic E-state index is 0.182. The van der Waals surface area contributed by atoms with Crippen LogP contribution in [0.5, 0.6) is 0 Å². The van der Waals surface area contributed by atoms with Crippen LogP contribution in [-0.2, 0) is 16.4 Å². The Morgan fingerprint density at radius 2 is 2.14 bits per heavy atom. The fourth-order valence-electron chi connectivity index (χ4n) is 1.67. The van der Waals surface area contributed by atoms with E-state index < -0.39 is 10.0 Å². The average molecular weight is 311 g/mol. The van der Waals surface area contributed by atoms with Crippen molar-refractivity contribution in [1.82, 2.24) is 14.4 Å². The van der Waals surface area contributed by atoms with Crippen molar-refractivity contribution in [3.05, 3.63) is 30.4 Å². The number of aromatic nitrogens is 2. The second-order valence-electron chi connectivity index (χ2n) is 4.55. The number of sulfonamides is 1. The van der Waals surface area contributed by atoms with Crippen molar-refractivity contribution in [2.45, 2.75) is 11.3 Å². The molecule has 0 aliphatic rings. The van der Waals surface area contributed by atoms with E-state index in [0.29, 0.717) is 30.2 Å². The Kier molecular flexibility index (Phi) is 4.43. The highest BCUT2D eigenvalue weighted by molar-refractivity contribution is 7.89. The molecule has 21 heavy (non-hydrogen) atoms. The molecular formula is C12H17N5O3S. The van der Waals surface area contributed by atoms with Gasteiger partial charge in [-0.2, -0.15) is 4.98 Å². The van der Waals surface area contributed by atoms with E-state index in [-0.39, 0.29) is 4.90 Å². The largest absolute Gasteiger partial charge is 0.397 e. The highest BCUT2D eigenvalue weighted by atomic mass is 32.2. The quantitative estimate of drug-likeness (QED) is 0.749. The maximum Gasteiger partial charge on any atom is 0.242 e. The number of nitrogens with zero attached hydrogens (tertiary/aromatic N) is 3. The predicted octanol–water partition coefficient (Wildman–Crippen LogP) is 0.557. The molecule has 1 heterocycles. The van der Waals surface area contributed by atoms with Crippen LogP contribution >= 0.6 is 0 Å². The summed E-state index contributed by atoms with van der Waals surface area (Å²) >= 11 is 0. The van der Waals surface area contributed by atoms with Gasteiger partial charge in [-0.3, -0.25) is 0 Å². The SMILES string of the molecule is CN(C)S(=O)(=O)c1ccc(N)c(NCCc2ncno2)c1. The van der Waals surface area contributed by atoms with Crippen LogP contribution in [0.3, 0.4) is 0 Å². The molecule has 0 aliphatic heterocycles. The molecule has 114 valence electrons. The number of rotatable bonds is 6. The van der Waals surface area contributed by atoms with Gasteiger partial charge in [-0.1, -0.05) is 5.16 Å². The summed E-state index contributed by atoms with van der Waals surface area (Å²) in [6.45, 7) is 0.498. The van der Waals surface area contributed by atoms with Gasteiger partial charge >= 0.3 is 0 Å². The van der Waals surface area contributed by atoms with E-state index >= 15 is 0 Å². The number of anilines is 2. The molecule has 0 fully saturated rings. The minimum atomic E-state index is -3.49. The van der Waals surface area contributed by atoms with Crippen molar-refractivity contribution in [2.24, 2.45) is 0 Å². The van der Waals surface area contributed by atoms with Gasteiger partial charge in [0, 0.05) is 27.1 Å². The van der Waals surface area contributed by atoms with Crippen LogP contribution in [-0.4, -0.2) is 43.5 Å². The zero-order chi connectivity index (χ0) is 15.5. The van der Waals surface area contributed by atoms with Gasteiger partial charge in [-0.25, -0.2) is 12.7 Å². The highest BCUT2D eigenvalue weighted by Crippen LogP contribution is 2.24. The second-order valence-corrected chi connectivity index (χ2v) is 6.70. The maximum absolute atomic E-state index is 12.1. The lowest BCUT2D eigenvalue weighted by molar-refractivity contribution is 0.380. The number of benzene rings is 1. The molecule has 1 aromatic heterocycles. The Labute approximate surface area is 123 Å². The summed E-state index contributed by atoms with van der Waals surface area (Å²) in [5.74, 6) is 0.498. The molecule has 2 rings (SSSR count). The lowest BCUT2D eigenvalue weighted by Crippen LogP contribution is -2.22. The molecule has 0 amide bonds. The van der Waals surface area contributed by atoms with E-state index in [4.69, 9.17) is 10.3 Å². The van der Waals surface area contributed by atoms with Crippen molar-refractivity contribution < 1.29 is 12.9 Å². The van der Waals surface area contributed by atoms with E-state index in [2.05, 4.69) is 15.5 Å². The maximum atomic E-state index is 12.1. The number of hydrogen-bond acceptors (Lipinski definition) is 7. The summed E-state index contributed by atoms with van der Waals surface area (Å²) in [6.07, 6.45) is 1.85. The van der Waals surface area contributed by atoms with Crippen LogP contribution in [0.1, 0.15) is 5.89 Å². The molecule has 0 unspecified atom stereocenters. The van der Waals surface area contributed by atoms with Gasteiger partial charge in [-0.05, 0) is 18.2 Å². The molecule has 3 N–H and O–H groups in total. The number of nitrogens with two attached hydrogens (primary N) is 1. The Balaban J connectivity index is 2.12. The Bertz CT molecular complexity index is 698. The topological polar surface area (TPSA) is 114 Å². The fraction of sp³-hybridized carbons (Fsp3) is 0.333. The molecule has 0 spiro atoms. The Morgan fingerprint density at radius 1 is 1.38 bits per heavy atom. The molecule has 0 saturated carbocycles. The van der Waals surface area contributed by atoms with Gasteiger partial charge in [-0.15, -0.1) is 0 Å². The van der Waals surface area contributed by atoms with E-state index in [9.17, 15) is 8.42 Å². The van der Waals surface area contributed by atoms with Gasteiger partial charge in [0.15, 0.2) is 6.33 Å².